The van der Waals surface area contributed by atoms with Crippen molar-refractivity contribution in [2.24, 2.45) is 12.8 Å². The number of hydrogen-bond donors (Lipinski definition) is 1. The number of ether oxygens (including phenoxy) is 1. The number of hydrogen-bond acceptors (Lipinski definition) is 4. The maximum atomic E-state index is 12.3. The zero-order valence-electron chi connectivity index (χ0n) is 12.6. The van der Waals surface area contributed by atoms with Crippen molar-refractivity contribution in [1.82, 2.24) is 14.7 Å². The molecule has 1 aromatic rings. The van der Waals surface area contributed by atoms with Crippen molar-refractivity contribution in [3.63, 3.8) is 0 Å². The quantitative estimate of drug-likeness (QED) is 0.883. The van der Waals surface area contributed by atoms with Crippen LogP contribution in [0.1, 0.15) is 30.7 Å². The van der Waals surface area contributed by atoms with Crippen molar-refractivity contribution in [3.05, 3.63) is 11.4 Å². The maximum Gasteiger partial charge on any atom is 0.260 e. The van der Waals surface area contributed by atoms with Crippen LogP contribution in [0, 0.1) is 13.8 Å². The van der Waals surface area contributed by atoms with E-state index in [1.165, 1.54) is 0 Å². The number of aromatic nitrogens is 2. The van der Waals surface area contributed by atoms with Gasteiger partial charge < -0.3 is 15.4 Å². The number of piperidine rings is 1. The number of carbonyl (C=O) groups is 1. The predicted molar refractivity (Wildman–Crippen MR) is 76.6 cm³/mol. The molecule has 112 valence electrons. The van der Waals surface area contributed by atoms with Crippen LogP contribution in [0.15, 0.2) is 0 Å². The molecule has 2 heterocycles. The second-order valence-electron chi connectivity index (χ2n) is 5.38. The molecule has 1 fully saturated rings. The fourth-order valence-corrected chi connectivity index (χ4v) is 2.75. The van der Waals surface area contributed by atoms with Gasteiger partial charge in [0.15, 0.2) is 12.4 Å². The average molecular weight is 280 g/mol. The van der Waals surface area contributed by atoms with E-state index in [1.54, 1.807) is 4.68 Å². The molecule has 0 radical (unpaired) electrons. The van der Waals surface area contributed by atoms with E-state index in [-0.39, 0.29) is 18.6 Å². The summed E-state index contributed by atoms with van der Waals surface area (Å²) in [6, 6.07) is 0.163. The van der Waals surface area contributed by atoms with Gasteiger partial charge in [0, 0.05) is 26.2 Å². The number of rotatable bonds is 4. The summed E-state index contributed by atoms with van der Waals surface area (Å²) in [6.07, 6.45) is 3.19. The van der Waals surface area contributed by atoms with E-state index >= 15 is 0 Å². The Morgan fingerprint density at radius 2 is 2.20 bits per heavy atom. The van der Waals surface area contributed by atoms with Gasteiger partial charge in [-0.1, -0.05) is 0 Å². The molecule has 0 aliphatic carbocycles. The van der Waals surface area contributed by atoms with Gasteiger partial charge in [-0.2, -0.15) is 5.10 Å². The first-order valence-corrected chi connectivity index (χ1v) is 7.17. The van der Waals surface area contributed by atoms with E-state index in [0.29, 0.717) is 12.3 Å². The first-order chi connectivity index (χ1) is 9.54. The molecule has 2 N–H and O–H groups in total. The molecule has 2 rings (SSSR count). The van der Waals surface area contributed by atoms with Crippen molar-refractivity contribution < 1.29 is 9.53 Å². The van der Waals surface area contributed by atoms with Crippen LogP contribution in [0.4, 0.5) is 0 Å². The standard InChI is InChI=1S/C14H24N4O2/c1-10-14(11(2)17(3)16-10)20-9-13(19)18-7-5-4-6-12(18)8-15/h12H,4-9,15H2,1-3H3/t12-/m1/s1. The van der Waals surface area contributed by atoms with Crippen LogP contribution < -0.4 is 10.5 Å². The Labute approximate surface area is 119 Å². The summed E-state index contributed by atoms with van der Waals surface area (Å²) < 4.78 is 7.44. The molecule has 0 spiro atoms. The summed E-state index contributed by atoms with van der Waals surface area (Å²) >= 11 is 0. The van der Waals surface area contributed by atoms with Gasteiger partial charge in [-0.3, -0.25) is 9.48 Å². The zero-order valence-corrected chi connectivity index (χ0v) is 12.6. The number of nitrogens with two attached hydrogens (primary N) is 1. The van der Waals surface area contributed by atoms with Gasteiger partial charge in [0.05, 0.1) is 5.69 Å². The number of aryl methyl sites for hydroxylation is 2. The number of carbonyl (C=O) groups excluding carboxylic acids is 1. The zero-order chi connectivity index (χ0) is 14.7. The molecule has 1 saturated heterocycles. The van der Waals surface area contributed by atoms with Gasteiger partial charge in [0.2, 0.25) is 0 Å². The second kappa shape index (κ2) is 6.26. The minimum Gasteiger partial charge on any atom is -0.480 e. The third kappa shape index (κ3) is 2.95. The first kappa shape index (κ1) is 14.8. The van der Waals surface area contributed by atoms with Crippen LogP contribution >= 0.6 is 0 Å². The Hall–Kier alpha value is -1.56. The summed E-state index contributed by atoms with van der Waals surface area (Å²) in [5.74, 6) is 0.727. The van der Waals surface area contributed by atoms with Crippen molar-refractivity contribution in [2.75, 3.05) is 19.7 Å². The molecule has 1 aliphatic heterocycles. The van der Waals surface area contributed by atoms with Crippen molar-refractivity contribution in [2.45, 2.75) is 39.2 Å². The van der Waals surface area contributed by atoms with Crippen LogP contribution in [0.5, 0.6) is 5.75 Å². The topological polar surface area (TPSA) is 73.4 Å². The molecule has 1 aromatic heterocycles. The van der Waals surface area contributed by atoms with Crippen molar-refractivity contribution in [1.29, 1.82) is 0 Å². The van der Waals surface area contributed by atoms with E-state index in [1.807, 2.05) is 25.8 Å². The van der Waals surface area contributed by atoms with Crippen molar-refractivity contribution >= 4 is 5.91 Å². The molecular formula is C14H24N4O2. The van der Waals surface area contributed by atoms with Crippen LogP contribution in [-0.2, 0) is 11.8 Å². The summed E-state index contributed by atoms with van der Waals surface area (Å²) in [4.78, 5) is 14.2. The van der Waals surface area contributed by atoms with Gasteiger partial charge in [-0.15, -0.1) is 0 Å². The molecule has 0 unspecified atom stereocenters. The number of likely N-dealkylation sites (tertiary alicyclic amines) is 1. The summed E-state index contributed by atoms with van der Waals surface area (Å²) in [6.45, 7) is 5.19. The van der Waals surface area contributed by atoms with Crippen LogP contribution in [-0.4, -0.2) is 46.3 Å². The van der Waals surface area contributed by atoms with Gasteiger partial charge >= 0.3 is 0 Å². The Morgan fingerprint density at radius 1 is 1.45 bits per heavy atom. The summed E-state index contributed by atoms with van der Waals surface area (Å²) in [7, 11) is 1.87. The monoisotopic (exact) mass is 280 g/mol. The lowest BCUT2D eigenvalue weighted by molar-refractivity contribution is -0.136. The smallest absolute Gasteiger partial charge is 0.260 e. The lowest BCUT2D eigenvalue weighted by Gasteiger charge is -2.34. The molecule has 1 atom stereocenters. The fourth-order valence-electron chi connectivity index (χ4n) is 2.75. The summed E-state index contributed by atoms with van der Waals surface area (Å²) in [5.41, 5.74) is 7.49. The highest BCUT2D eigenvalue weighted by atomic mass is 16.5. The third-order valence-electron chi connectivity index (χ3n) is 4.00. The molecule has 6 nitrogen and oxygen atoms in total. The van der Waals surface area contributed by atoms with Gasteiger partial charge in [0.25, 0.3) is 5.91 Å². The average Bonchev–Trinajstić information content (AvgIpc) is 2.70. The highest BCUT2D eigenvalue weighted by molar-refractivity contribution is 5.78. The fraction of sp³-hybridized carbons (Fsp3) is 0.714. The van der Waals surface area contributed by atoms with E-state index < -0.39 is 0 Å². The largest absolute Gasteiger partial charge is 0.480 e. The molecule has 0 saturated carbocycles. The molecule has 1 amide bonds. The first-order valence-electron chi connectivity index (χ1n) is 7.17. The highest BCUT2D eigenvalue weighted by Gasteiger charge is 2.26. The number of nitrogens with zero attached hydrogens (tertiary/aromatic N) is 3. The highest BCUT2D eigenvalue weighted by Crippen LogP contribution is 2.22. The molecule has 6 heteroatoms. The number of amides is 1. The normalized spacial score (nSPS) is 19.2. The molecular weight excluding hydrogens is 256 g/mol. The van der Waals surface area contributed by atoms with Crippen molar-refractivity contribution in [3.8, 4) is 5.75 Å². The van der Waals surface area contributed by atoms with Gasteiger partial charge in [0.1, 0.15) is 5.69 Å². The minimum absolute atomic E-state index is 0.0165. The predicted octanol–water partition coefficient (Wildman–Crippen LogP) is 0.756. The second-order valence-corrected chi connectivity index (χ2v) is 5.38. The molecule has 1 aliphatic rings. The molecule has 0 aromatic carbocycles. The third-order valence-corrected chi connectivity index (χ3v) is 4.00. The van der Waals surface area contributed by atoms with E-state index in [4.69, 9.17) is 10.5 Å². The van der Waals surface area contributed by atoms with Crippen LogP contribution in [0.3, 0.4) is 0 Å². The maximum absolute atomic E-state index is 12.3. The molecule has 20 heavy (non-hydrogen) atoms. The van der Waals surface area contributed by atoms with Crippen LogP contribution in [0.2, 0.25) is 0 Å². The SMILES string of the molecule is Cc1nn(C)c(C)c1OCC(=O)N1CCCC[C@@H]1CN. The van der Waals surface area contributed by atoms with Gasteiger partial charge in [-0.05, 0) is 33.1 Å². The summed E-state index contributed by atoms with van der Waals surface area (Å²) in [5, 5.41) is 4.28. The van der Waals surface area contributed by atoms with E-state index in [2.05, 4.69) is 5.10 Å². The Morgan fingerprint density at radius 3 is 2.80 bits per heavy atom. The Kier molecular flexibility index (Phi) is 4.65. The minimum atomic E-state index is 0.0165. The lowest BCUT2D eigenvalue weighted by atomic mass is 10.0. The lowest BCUT2D eigenvalue weighted by Crippen LogP contribution is -2.49. The Bertz CT molecular complexity index is 484. The van der Waals surface area contributed by atoms with E-state index in [0.717, 1.165) is 37.2 Å². The Balaban J connectivity index is 1.97. The van der Waals surface area contributed by atoms with Gasteiger partial charge in [-0.25, -0.2) is 0 Å². The molecule has 0 bridgehead atoms. The van der Waals surface area contributed by atoms with Crippen LogP contribution in [0.25, 0.3) is 0 Å². The van der Waals surface area contributed by atoms with E-state index in [9.17, 15) is 4.79 Å².